The number of hydrogen-bond acceptors (Lipinski definition) is 4. The van der Waals surface area contributed by atoms with Crippen molar-refractivity contribution >= 4 is 0 Å². The molecule has 0 fully saturated rings. The molecule has 6 heteroatoms. The predicted molar refractivity (Wildman–Crippen MR) is 77.8 cm³/mol. The largest absolute Gasteiger partial charge is 0.497 e. The number of nitriles is 1. The van der Waals surface area contributed by atoms with Crippen LogP contribution in [0.2, 0.25) is 0 Å². The maximum Gasteiger partial charge on any atom is 0.335 e. The van der Waals surface area contributed by atoms with Gasteiger partial charge < -0.3 is 4.74 Å². The molecule has 0 atom stereocenters. The van der Waals surface area contributed by atoms with Gasteiger partial charge in [-0.3, -0.25) is 13.9 Å². The number of hydrogen-bond donors (Lipinski definition) is 0. The zero-order chi connectivity index (χ0) is 15.4. The summed E-state index contributed by atoms with van der Waals surface area (Å²) in [4.78, 5) is 24.3. The molecule has 1 aromatic carbocycles. The molecule has 0 aliphatic heterocycles. The van der Waals surface area contributed by atoms with Gasteiger partial charge in [-0.05, 0) is 31.2 Å². The second-order valence-corrected chi connectivity index (χ2v) is 4.50. The number of rotatable bonds is 4. The number of nitrogens with zero attached hydrogens (tertiary/aromatic N) is 3. The van der Waals surface area contributed by atoms with Crippen molar-refractivity contribution in [3.63, 3.8) is 0 Å². The van der Waals surface area contributed by atoms with Crippen molar-refractivity contribution in [1.29, 1.82) is 5.26 Å². The molecule has 1 aromatic heterocycles. The Morgan fingerprint density at radius 3 is 2.48 bits per heavy atom. The first-order valence-electron chi connectivity index (χ1n) is 6.43. The van der Waals surface area contributed by atoms with E-state index in [4.69, 9.17) is 10.00 Å². The zero-order valence-electron chi connectivity index (χ0n) is 11.9. The Kier molecular flexibility index (Phi) is 4.24. The summed E-state index contributed by atoms with van der Waals surface area (Å²) in [6, 6.07) is 10.3. The molecule has 1 heterocycles. The van der Waals surface area contributed by atoms with Crippen molar-refractivity contribution in [3.05, 3.63) is 56.9 Å². The van der Waals surface area contributed by atoms with Crippen molar-refractivity contribution < 1.29 is 4.74 Å². The number of aryl methyl sites for hydroxylation is 1. The summed E-state index contributed by atoms with van der Waals surface area (Å²) < 4.78 is 7.60. The van der Waals surface area contributed by atoms with Crippen molar-refractivity contribution in [1.82, 2.24) is 9.13 Å². The smallest absolute Gasteiger partial charge is 0.335 e. The van der Waals surface area contributed by atoms with Gasteiger partial charge in [-0.15, -0.1) is 0 Å². The molecule has 2 rings (SSSR count). The summed E-state index contributed by atoms with van der Waals surface area (Å²) in [6.45, 7) is 1.78. The quantitative estimate of drug-likeness (QED) is 0.846. The van der Waals surface area contributed by atoms with Crippen LogP contribution >= 0.6 is 0 Å². The van der Waals surface area contributed by atoms with E-state index in [0.717, 1.165) is 4.57 Å². The summed E-state index contributed by atoms with van der Waals surface area (Å²) >= 11 is 0. The number of methoxy groups -OCH3 is 1. The summed E-state index contributed by atoms with van der Waals surface area (Å²) in [7, 11) is 1.56. The monoisotopic (exact) mass is 285 g/mol. The van der Waals surface area contributed by atoms with Crippen LogP contribution in [0.3, 0.4) is 0 Å². The van der Waals surface area contributed by atoms with Gasteiger partial charge in [0, 0.05) is 18.3 Å². The van der Waals surface area contributed by atoms with Gasteiger partial charge in [-0.25, -0.2) is 4.79 Å². The van der Waals surface area contributed by atoms with Crippen LogP contribution < -0.4 is 16.0 Å². The Balaban J connectivity index is 2.60. The molecule has 0 amide bonds. The van der Waals surface area contributed by atoms with Gasteiger partial charge in [0.25, 0.3) is 5.56 Å². The van der Waals surface area contributed by atoms with Crippen LogP contribution in [0.4, 0.5) is 0 Å². The first kappa shape index (κ1) is 14.6. The molecule has 0 aliphatic carbocycles. The van der Waals surface area contributed by atoms with Gasteiger partial charge in [-0.1, -0.05) is 0 Å². The molecular weight excluding hydrogens is 270 g/mol. The molecule has 2 aromatic rings. The molecule has 6 nitrogen and oxygen atoms in total. The third kappa shape index (κ3) is 2.87. The first-order chi connectivity index (χ1) is 10.1. The normalized spacial score (nSPS) is 10.1. The fourth-order valence-electron chi connectivity index (χ4n) is 2.10. The molecule has 0 saturated carbocycles. The minimum absolute atomic E-state index is 0.0879. The van der Waals surface area contributed by atoms with Crippen molar-refractivity contribution in [3.8, 4) is 17.5 Å². The van der Waals surface area contributed by atoms with Crippen LogP contribution in [-0.4, -0.2) is 16.2 Å². The lowest BCUT2D eigenvalue weighted by atomic mass is 10.3. The minimum Gasteiger partial charge on any atom is -0.497 e. The molecule has 21 heavy (non-hydrogen) atoms. The van der Waals surface area contributed by atoms with Gasteiger partial charge in [0.05, 0.1) is 25.3 Å². The lowest BCUT2D eigenvalue weighted by molar-refractivity contribution is 0.414. The number of benzene rings is 1. The van der Waals surface area contributed by atoms with Crippen LogP contribution in [0, 0.1) is 18.3 Å². The molecule has 0 unspecified atom stereocenters. The second-order valence-electron chi connectivity index (χ2n) is 4.50. The third-order valence-corrected chi connectivity index (χ3v) is 3.15. The average Bonchev–Trinajstić information content (AvgIpc) is 2.47. The Morgan fingerprint density at radius 1 is 1.24 bits per heavy atom. The molecule has 0 spiro atoms. The van der Waals surface area contributed by atoms with E-state index in [-0.39, 0.29) is 13.0 Å². The van der Waals surface area contributed by atoms with Crippen LogP contribution in [0.25, 0.3) is 5.69 Å². The third-order valence-electron chi connectivity index (χ3n) is 3.15. The van der Waals surface area contributed by atoms with E-state index in [1.54, 1.807) is 38.3 Å². The van der Waals surface area contributed by atoms with Crippen molar-refractivity contribution in [2.45, 2.75) is 19.9 Å². The topological polar surface area (TPSA) is 77.0 Å². The highest BCUT2D eigenvalue weighted by Crippen LogP contribution is 2.14. The van der Waals surface area contributed by atoms with Gasteiger partial charge in [0.2, 0.25) is 0 Å². The summed E-state index contributed by atoms with van der Waals surface area (Å²) in [5, 5.41) is 8.62. The molecule has 108 valence electrons. The van der Waals surface area contributed by atoms with Crippen LogP contribution in [0.15, 0.2) is 39.9 Å². The van der Waals surface area contributed by atoms with E-state index < -0.39 is 11.2 Å². The highest BCUT2D eigenvalue weighted by molar-refractivity contribution is 5.38. The second kappa shape index (κ2) is 6.09. The molecule has 0 saturated heterocycles. The lowest BCUT2D eigenvalue weighted by Crippen LogP contribution is -2.39. The minimum atomic E-state index is -0.444. The maximum atomic E-state index is 12.5. The van der Waals surface area contributed by atoms with E-state index in [1.807, 2.05) is 6.07 Å². The number of aromatic nitrogens is 2. The molecule has 0 aliphatic rings. The van der Waals surface area contributed by atoms with E-state index in [0.29, 0.717) is 17.1 Å². The van der Waals surface area contributed by atoms with Crippen molar-refractivity contribution in [2.75, 3.05) is 7.11 Å². The standard InChI is InChI=1S/C15H15N3O3/c1-11-10-14(19)17(9-3-8-16)15(20)18(11)12-4-6-13(21-2)7-5-12/h4-7,10H,3,9H2,1-2H3. The average molecular weight is 285 g/mol. The summed E-state index contributed by atoms with van der Waals surface area (Å²) in [6.07, 6.45) is 0.112. The Morgan fingerprint density at radius 2 is 1.90 bits per heavy atom. The molecular formula is C15H15N3O3. The lowest BCUT2D eigenvalue weighted by Gasteiger charge is -2.13. The zero-order valence-corrected chi connectivity index (χ0v) is 11.9. The Bertz CT molecular complexity index is 795. The summed E-state index contributed by atoms with van der Waals surface area (Å²) in [5.74, 6) is 0.683. The first-order valence-corrected chi connectivity index (χ1v) is 6.43. The van der Waals surface area contributed by atoms with Crippen LogP contribution in [0.5, 0.6) is 5.75 Å². The highest BCUT2D eigenvalue weighted by atomic mass is 16.5. The van der Waals surface area contributed by atoms with Gasteiger partial charge in [0.1, 0.15) is 5.75 Å². The fraction of sp³-hybridized carbons (Fsp3) is 0.267. The molecule has 0 N–H and O–H groups in total. The van der Waals surface area contributed by atoms with E-state index in [2.05, 4.69) is 0 Å². The predicted octanol–water partition coefficient (Wildman–Crippen LogP) is 1.23. The van der Waals surface area contributed by atoms with Gasteiger partial charge >= 0.3 is 5.69 Å². The Hall–Kier alpha value is -2.81. The fourth-order valence-corrected chi connectivity index (χ4v) is 2.10. The SMILES string of the molecule is COc1ccc(-n2c(C)cc(=O)n(CCC#N)c2=O)cc1. The van der Waals surface area contributed by atoms with Crippen LogP contribution in [0.1, 0.15) is 12.1 Å². The molecule has 0 bridgehead atoms. The number of ether oxygens (including phenoxy) is 1. The highest BCUT2D eigenvalue weighted by Gasteiger charge is 2.10. The van der Waals surface area contributed by atoms with Gasteiger partial charge in [0.15, 0.2) is 0 Å². The van der Waals surface area contributed by atoms with Crippen LogP contribution in [-0.2, 0) is 6.54 Å². The van der Waals surface area contributed by atoms with Gasteiger partial charge in [-0.2, -0.15) is 5.26 Å². The van der Waals surface area contributed by atoms with E-state index >= 15 is 0 Å². The van der Waals surface area contributed by atoms with Crippen molar-refractivity contribution in [2.24, 2.45) is 0 Å². The van der Waals surface area contributed by atoms with E-state index in [9.17, 15) is 9.59 Å². The van der Waals surface area contributed by atoms with E-state index in [1.165, 1.54) is 10.6 Å². The summed E-state index contributed by atoms with van der Waals surface area (Å²) in [5.41, 5.74) is 0.352. The Labute approximate surface area is 121 Å². The maximum absolute atomic E-state index is 12.5. The molecule has 0 radical (unpaired) electrons.